The van der Waals surface area contributed by atoms with Crippen molar-refractivity contribution < 1.29 is 0 Å². The van der Waals surface area contributed by atoms with Crippen molar-refractivity contribution in [2.45, 2.75) is 31.8 Å². The van der Waals surface area contributed by atoms with Crippen LogP contribution in [-0.4, -0.2) is 59.8 Å². The molecule has 7 nitrogen and oxygen atoms in total. The Bertz CT molecular complexity index is 702. The molecule has 0 amide bonds. The maximum absolute atomic E-state index is 4.67. The summed E-state index contributed by atoms with van der Waals surface area (Å²) in [6, 6.07) is 11.4. The molecule has 2 aliphatic rings. The van der Waals surface area contributed by atoms with Crippen molar-refractivity contribution in [2.24, 2.45) is 0 Å². The quantitative estimate of drug-likeness (QED) is 0.868. The molecule has 1 aromatic heterocycles. The molecule has 2 N–H and O–H groups in total. The van der Waals surface area contributed by atoms with Gasteiger partial charge in [-0.25, -0.2) is 9.97 Å². The van der Waals surface area contributed by atoms with Gasteiger partial charge in [-0.2, -0.15) is 4.98 Å². The number of piperidine rings is 1. The van der Waals surface area contributed by atoms with Crippen LogP contribution in [0.4, 0.5) is 17.6 Å². The number of para-hydroxylation sites is 1. The van der Waals surface area contributed by atoms with Crippen molar-refractivity contribution in [1.82, 2.24) is 20.3 Å². The van der Waals surface area contributed by atoms with Crippen LogP contribution in [0.15, 0.2) is 36.7 Å². The molecule has 0 spiro atoms. The highest BCUT2D eigenvalue weighted by Crippen LogP contribution is 2.22. The average Bonchev–Trinajstić information content (AvgIpc) is 2.69. The summed E-state index contributed by atoms with van der Waals surface area (Å²) in [5.41, 5.74) is 1.28. The van der Waals surface area contributed by atoms with Crippen molar-refractivity contribution in [3.63, 3.8) is 0 Å². The molecule has 0 aliphatic carbocycles. The minimum absolute atomic E-state index is 0.396. The summed E-state index contributed by atoms with van der Waals surface area (Å²) < 4.78 is 0. The molecule has 0 saturated carbocycles. The highest BCUT2D eigenvalue weighted by Gasteiger charge is 2.25. The lowest BCUT2D eigenvalue weighted by atomic mass is 10.1. The molecule has 2 saturated heterocycles. The van der Waals surface area contributed by atoms with Gasteiger partial charge in [-0.15, -0.1) is 0 Å². The monoisotopic (exact) mass is 353 g/mol. The van der Waals surface area contributed by atoms with Gasteiger partial charge in [0.1, 0.15) is 6.33 Å². The summed E-state index contributed by atoms with van der Waals surface area (Å²) in [6.45, 7) is 7.11. The van der Waals surface area contributed by atoms with Gasteiger partial charge < -0.3 is 20.4 Å². The van der Waals surface area contributed by atoms with E-state index in [1.807, 2.05) is 0 Å². The lowest BCUT2D eigenvalue weighted by molar-refractivity contribution is 0.477. The normalized spacial score (nSPS) is 23.7. The second-order valence-electron chi connectivity index (χ2n) is 7.12. The van der Waals surface area contributed by atoms with Gasteiger partial charge in [-0.05, 0) is 38.4 Å². The lowest BCUT2D eigenvalue weighted by Crippen LogP contribution is -2.52. The van der Waals surface area contributed by atoms with Gasteiger partial charge in [0.2, 0.25) is 11.9 Å². The number of benzene rings is 1. The third-order valence-corrected chi connectivity index (χ3v) is 5.19. The van der Waals surface area contributed by atoms with Crippen LogP contribution in [-0.2, 0) is 0 Å². The topological polar surface area (TPSA) is 69.2 Å². The first kappa shape index (κ1) is 17.0. The lowest BCUT2D eigenvalue weighted by Gasteiger charge is -2.41. The molecule has 3 heterocycles. The number of nitrogens with zero attached hydrogens (tertiary/aromatic N) is 5. The Morgan fingerprint density at radius 2 is 2.04 bits per heavy atom. The minimum atomic E-state index is 0.396. The molecule has 2 aliphatic heterocycles. The molecule has 2 aromatic rings. The zero-order valence-electron chi connectivity index (χ0n) is 15.3. The van der Waals surface area contributed by atoms with Gasteiger partial charge in [0.05, 0.1) is 0 Å². The van der Waals surface area contributed by atoms with Crippen molar-refractivity contribution in [1.29, 1.82) is 0 Å². The van der Waals surface area contributed by atoms with Crippen LogP contribution in [0.5, 0.6) is 0 Å². The predicted octanol–water partition coefficient (Wildman–Crippen LogP) is 1.75. The summed E-state index contributed by atoms with van der Waals surface area (Å²) in [5, 5.41) is 6.85. The van der Waals surface area contributed by atoms with E-state index in [1.165, 1.54) is 12.1 Å². The first-order valence-corrected chi connectivity index (χ1v) is 9.52. The number of piperazine rings is 1. The van der Waals surface area contributed by atoms with Crippen LogP contribution in [0.2, 0.25) is 0 Å². The van der Waals surface area contributed by atoms with E-state index in [9.17, 15) is 0 Å². The SMILES string of the molecule is CC1CN(c2ncnc(NC3CCCNC3)n2)CCN1c1ccccc1. The zero-order valence-corrected chi connectivity index (χ0v) is 15.3. The van der Waals surface area contributed by atoms with Crippen molar-refractivity contribution in [3.8, 4) is 0 Å². The molecule has 4 rings (SSSR count). The molecular weight excluding hydrogens is 326 g/mol. The zero-order chi connectivity index (χ0) is 17.8. The maximum Gasteiger partial charge on any atom is 0.230 e. The molecule has 1 aromatic carbocycles. The molecule has 7 heteroatoms. The number of aromatic nitrogens is 3. The van der Waals surface area contributed by atoms with Gasteiger partial charge in [0, 0.05) is 44.0 Å². The van der Waals surface area contributed by atoms with E-state index < -0.39 is 0 Å². The summed E-state index contributed by atoms with van der Waals surface area (Å²) >= 11 is 0. The van der Waals surface area contributed by atoms with Crippen LogP contribution in [0.3, 0.4) is 0 Å². The summed E-state index contributed by atoms with van der Waals surface area (Å²) in [6.07, 6.45) is 3.96. The fourth-order valence-corrected chi connectivity index (χ4v) is 3.81. The van der Waals surface area contributed by atoms with Gasteiger partial charge in [0.25, 0.3) is 0 Å². The molecule has 2 atom stereocenters. The molecule has 138 valence electrons. The third-order valence-electron chi connectivity index (χ3n) is 5.19. The molecule has 2 unspecified atom stereocenters. The van der Waals surface area contributed by atoms with Crippen LogP contribution >= 0.6 is 0 Å². The van der Waals surface area contributed by atoms with Crippen molar-refractivity contribution in [2.75, 3.05) is 47.8 Å². The smallest absolute Gasteiger partial charge is 0.230 e. The van der Waals surface area contributed by atoms with Crippen molar-refractivity contribution in [3.05, 3.63) is 36.7 Å². The van der Waals surface area contributed by atoms with E-state index in [0.717, 1.165) is 45.1 Å². The molecule has 2 fully saturated rings. The van der Waals surface area contributed by atoms with Crippen LogP contribution in [0.25, 0.3) is 0 Å². The number of hydrogen-bond donors (Lipinski definition) is 2. The summed E-state index contributed by atoms with van der Waals surface area (Å²) in [4.78, 5) is 18.1. The molecule has 26 heavy (non-hydrogen) atoms. The fraction of sp³-hybridized carbons (Fsp3) is 0.526. The first-order valence-electron chi connectivity index (χ1n) is 9.52. The van der Waals surface area contributed by atoms with E-state index >= 15 is 0 Å². The Balaban J connectivity index is 1.41. The molecule has 0 radical (unpaired) electrons. The predicted molar refractivity (Wildman–Crippen MR) is 105 cm³/mol. The largest absolute Gasteiger partial charge is 0.365 e. The highest BCUT2D eigenvalue weighted by molar-refractivity contribution is 5.49. The van der Waals surface area contributed by atoms with Crippen LogP contribution < -0.4 is 20.4 Å². The van der Waals surface area contributed by atoms with E-state index in [4.69, 9.17) is 0 Å². The first-order chi connectivity index (χ1) is 12.8. The molecular formula is C19H27N7. The average molecular weight is 353 g/mol. The van der Waals surface area contributed by atoms with E-state index in [-0.39, 0.29) is 0 Å². The van der Waals surface area contributed by atoms with E-state index in [1.54, 1.807) is 6.33 Å². The second-order valence-corrected chi connectivity index (χ2v) is 7.12. The van der Waals surface area contributed by atoms with Gasteiger partial charge >= 0.3 is 0 Å². The Kier molecular flexibility index (Phi) is 5.15. The number of nitrogens with one attached hydrogen (secondary N) is 2. The number of hydrogen-bond acceptors (Lipinski definition) is 7. The minimum Gasteiger partial charge on any atom is -0.365 e. The Morgan fingerprint density at radius 1 is 1.15 bits per heavy atom. The highest BCUT2D eigenvalue weighted by atomic mass is 15.4. The van der Waals surface area contributed by atoms with Gasteiger partial charge in [-0.3, -0.25) is 0 Å². The summed E-state index contributed by atoms with van der Waals surface area (Å²) in [5.74, 6) is 1.45. The Hall–Kier alpha value is -2.41. The maximum atomic E-state index is 4.67. The van der Waals surface area contributed by atoms with E-state index in [0.29, 0.717) is 18.0 Å². The van der Waals surface area contributed by atoms with Gasteiger partial charge in [0.15, 0.2) is 0 Å². The Labute approximate surface area is 154 Å². The second kappa shape index (κ2) is 7.86. The van der Waals surface area contributed by atoms with Crippen LogP contribution in [0, 0.1) is 0 Å². The van der Waals surface area contributed by atoms with Crippen LogP contribution in [0.1, 0.15) is 19.8 Å². The standard InChI is InChI=1S/C19H27N7/c1-15-13-25(10-11-26(15)17-7-3-2-4-8-17)19-22-14-21-18(24-19)23-16-6-5-9-20-12-16/h2-4,7-8,14-16,20H,5-6,9-13H2,1H3,(H,21,22,23,24). The van der Waals surface area contributed by atoms with Crippen molar-refractivity contribution >= 4 is 17.6 Å². The fourth-order valence-electron chi connectivity index (χ4n) is 3.81. The summed E-state index contributed by atoms with van der Waals surface area (Å²) in [7, 11) is 0. The Morgan fingerprint density at radius 3 is 2.81 bits per heavy atom. The molecule has 0 bridgehead atoms. The number of anilines is 3. The van der Waals surface area contributed by atoms with Gasteiger partial charge in [-0.1, -0.05) is 18.2 Å². The number of rotatable bonds is 4. The third kappa shape index (κ3) is 3.88. The van der Waals surface area contributed by atoms with E-state index in [2.05, 4.69) is 72.6 Å².